The highest BCUT2D eigenvalue weighted by atomic mass is 16.7. The van der Waals surface area contributed by atoms with Gasteiger partial charge in [-0.25, -0.2) is 0 Å². The molecule has 0 bridgehead atoms. The Balaban J connectivity index is 1.55. The van der Waals surface area contributed by atoms with Gasteiger partial charge in [0, 0.05) is 11.1 Å². The summed E-state index contributed by atoms with van der Waals surface area (Å²) in [5.74, 6) is 6.63. The maximum Gasteiger partial charge on any atom is 0.163 e. The molecule has 1 aliphatic heterocycles. The molecule has 2 aromatic rings. The average molecular weight is 324 g/mol. The second-order valence-corrected chi connectivity index (χ2v) is 6.08. The minimum Gasteiger partial charge on any atom is -0.508 e. The minimum atomic E-state index is -0.526. The third kappa shape index (κ3) is 4.51. The Morgan fingerprint density at radius 2 is 1.62 bits per heavy atom. The lowest BCUT2D eigenvalue weighted by molar-refractivity contribution is -0.141. The molecule has 0 radical (unpaired) electrons. The van der Waals surface area contributed by atoms with Gasteiger partial charge < -0.3 is 19.3 Å². The van der Waals surface area contributed by atoms with E-state index in [-0.39, 0.29) is 11.9 Å². The number of aromatic hydroxyl groups is 1. The fourth-order valence-electron chi connectivity index (χ4n) is 2.36. The highest BCUT2D eigenvalue weighted by Crippen LogP contribution is 2.23. The summed E-state index contributed by atoms with van der Waals surface area (Å²) in [5.41, 5.74) is 1.76. The smallest absolute Gasteiger partial charge is 0.163 e. The van der Waals surface area contributed by atoms with E-state index in [9.17, 15) is 5.11 Å². The standard InChI is InChI=1S/C20H20O4/c1-20(2)23-14-19(24-20)13-22-18-11-7-16(8-12-18)4-3-15-5-9-17(21)10-6-15/h5-12,19,21H,13-14H2,1-2H3/t19-/m0/s1. The van der Waals surface area contributed by atoms with E-state index in [0.717, 1.165) is 16.9 Å². The quantitative estimate of drug-likeness (QED) is 0.880. The lowest BCUT2D eigenvalue weighted by Gasteiger charge is -2.17. The van der Waals surface area contributed by atoms with Gasteiger partial charge in [0.25, 0.3) is 0 Å². The predicted molar refractivity (Wildman–Crippen MR) is 90.9 cm³/mol. The van der Waals surface area contributed by atoms with Gasteiger partial charge in [0.2, 0.25) is 0 Å². The number of ether oxygens (including phenoxy) is 3. The molecule has 3 rings (SSSR count). The fraction of sp³-hybridized carbons (Fsp3) is 0.300. The van der Waals surface area contributed by atoms with Gasteiger partial charge >= 0.3 is 0 Å². The zero-order valence-electron chi connectivity index (χ0n) is 13.8. The van der Waals surface area contributed by atoms with E-state index in [1.807, 2.05) is 38.1 Å². The number of hydrogen-bond acceptors (Lipinski definition) is 4. The molecule has 0 saturated carbocycles. The molecule has 0 aliphatic carbocycles. The van der Waals surface area contributed by atoms with Gasteiger partial charge in [-0.1, -0.05) is 11.8 Å². The molecule has 2 aromatic carbocycles. The second kappa shape index (κ2) is 6.96. The number of phenols is 1. The molecule has 1 fully saturated rings. The first-order valence-electron chi connectivity index (χ1n) is 7.86. The SMILES string of the molecule is CC1(C)OC[C@H](COc2ccc(C#Cc3ccc(O)cc3)cc2)O1. The van der Waals surface area contributed by atoms with Crippen LogP contribution in [0, 0.1) is 11.8 Å². The Bertz CT molecular complexity index is 736. The van der Waals surface area contributed by atoms with Crippen LogP contribution in [-0.4, -0.2) is 30.2 Å². The van der Waals surface area contributed by atoms with E-state index in [4.69, 9.17) is 14.2 Å². The number of rotatable bonds is 3. The van der Waals surface area contributed by atoms with Crippen molar-refractivity contribution in [2.45, 2.75) is 25.7 Å². The first-order chi connectivity index (χ1) is 11.5. The molecule has 4 nitrogen and oxygen atoms in total. The number of phenolic OH excluding ortho intramolecular Hbond substituents is 1. The zero-order valence-corrected chi connectivity index (χ0v) is 13.8. The zero-order chi connectivity index (χ0) is 17.0. The van der Waals surface area contributed by atoms with Gasteiger partial charge in [0.15, 0.2) is 5.79 Å². The molecule has 0 spiro atoms. The maximum atomic E-state index is 9.25. The van der Waals surface area contributed by atoms with Crippen LogP contribution < -0.4 is 4.74 Å². The topological polar surface area (TPSA) is 47.9 Å². The van der Waals surface area contributed by atoms with E-state index in [1.165, 1.54) is 0 Å². The van der Waals surface area contributed by atoms with Crippen molar-refractivity contribution in [2.75, 3.05) is 13.2 Å². The Morgan fingerprint density at radius 3 is 2.17 bits per heavy atom. The molecule has 0 amide bonds. The molecular weight excluding hydrogens is 304 g/mol. The van der Waals surface area contributed by atoms with Gasteiger partial charge in [-0.15, -0.1) is 0 Å². The van der Waals surface area contributed by atoms with Crippen LogP contribution in [0.15, 0.2) is 48.5 Å². The molecule has 1 N–H and O–H groups in total. The highest BCUT2D eigenvalue weighted by molar-refractivity contribution is 5.45. The van der Waals surface area contributed by atoms with E-state index in [0.29, 0.717) is 13.2 Å². The van der Waals surface area contributed by atoms with Crippen molar-refractivity contribution < 1.29 is 19.3 Å². The molecule has 1 heterocycles. The largest absolute Gasteiger partial charge is 0.508 e. The second-order valence-electron chi connectivity index (χ2n) is 6.08. The summed E-state index contributed by atoms with van der Waals surface area (Å²) < 4.78 is 16.9. The summed E-state index contributed by atoms with van der Waals surface area (Å²) in [6, 6.07) is 14.4. The summed E-state index contributed by atoms with van der Waals surface area (Å²) >= 11 is 0. The third-order valence-corrected chi connectivity index (χ3v) is 3.58. The van der Waals surface area contributed by atoms with Crippen LogP contribution in [0.4, 0.5) is 0 Å². The van der Waals surface area contributed by atoms with Crippen LogP contribution in [0.1, 0.15) is 25.0 Å². The summed E-state index contributed by atoms with van der Waals surface area (Å²) in [5, 5.41) is 9.25. The van der Waals surface area contributed by atoms with E-state index >= 15 is 0 Å². The van der Waals surface area contributed by atoms with Crippen LogP contribution in [0.5, 0.6) is 11.5 Å². The normalized spacial score (nSPS) is 18.7. The lowest BCUT2D eigenvalue weighted by Crippen LogP contribution is -2.25. The summed E-state index contributed by atoms with van der Waals surface area (Å²) in [7, 11) is 0. The van der Waals surface area contributed by atoms with E-state index < -0.39 is 5.79 Å². The Hall–Kier alpha value is -2.48. The lowest BCUT2D eigenvalue weighted by atomic mass is 10.2. The van der Waals surface area contributed by atoms with Gasteiger partial charge in [0.05, 0.1) is 6.61 Å². The van der Waals surface area contributed by atoms with Crippen molar-refractivity contribution in [3.63, 3.8) is 0 Å². The average Bonchev–Trinajstić information content (AvgIpc) is 2.92. The molecule has 1 aliphatic rings. The highest BCUT2D eigenvalue weighted by Gasteiger charge is 2.32. The first kappa shape index (κ1) is 16.4. The summed E-state index contributed by atoms with van der Waals surface area (Å²) in [4.78, 5) is 0. The van der Waals surface area contributed by atoms with Gasteiger partial charge in [-0.3, -0.25) is 0 Å². The van der Waals surface area contributed by atoms with Crippen molar-refractivity contribution in [2.24, 2.45) is 0 Å². The van der Waals surface area contributed by atoms with E-state index in [2.05, 4.69) is 11.8 Å². The monoisotopic (exact) mass is 324 g/mol. The van der Waals surface area contributed by atoms with Crippen LogP contribution in [-0.2, 0) is 9.47 Å². The van der Waals surface area contributed by atoms with Crippen molar-refractivity contribution in [3.8, 4) is 23.3 Å². The molecule has 0 aromatic heterocycles. The van der Waals surface area contributed by atoms with Crippen LogP contribution in [0.25, 0.3) is 0 Å². The molecule has 24 heavy (non-hydrogen) atoms. The molecule has 4 heteroatoms. The van der Waals surface area contributed by atoms with Crippen molar-refractivity contribution in [1.82, 2.24) is 0 Å². The predicted octanol–water partition coefficient (Wildman–Crippen LogP) is 3.32. The Labute approximate surface area is 142 Å². The van der Waals surface area contributed by atoms with Crippen LogP contribution >= 0.6 is 0 Å². The number of benzene rings is 2. The fourth-order valence-corrected chi connectivity index (χ4v) is 2.36. The van der Waals surface area contributed by atoms with Gasteiger partial charge in [-0.05, 0) is 62.4 Å². The molecule has 0 unspecified atom stereocenters. The van der Waals surface area contributed by atoms with Crippen molar-refractivity contribution >= 4 is 0 Å². The summed E-state index contributed by atoms with van der Waals surface area (Å²) in [6.07, 6.45) is -0.0473. The van der Waals surface area contributed by atoms with Crippen LogP contribution in [0.2, 0.25) is 0 Å². The van der Waals surface area contributed by atoms with Gasteiger partial charge in [0.1, 0.15) is 24.2 Å². The van der Waals surface area contributed by atoms with Crippen molar-refractivity contribution in [3.05, 3.63) is 59.7 Å². The third-order valence-electron chi connectivity index (χ3n) is 3.58. The minimum absolute atomic E-state index is 0.0473. The number of hydrogen-bond donors (Lipinski definition) is 1. The molecular formula is C20H20O4. The Morgan fingerprint density at radius 1 is 1.04 bits per heavy atom. The molecule has 1 atom stereocenters. The van der Waals surface area contributed by atoms with E-state index in [1.54, 1.807) is 24.3 Å². The Kier molecular flexibility index (Phi) is 4.75. The first-order valence-corrected chi connectivity index (χ1v) is 7.86. The molecule has 124 valence electrons. The summed E-state index contributed by atoms with van der Waals surface area (Å²) in [6.45, 7) is 4.80. The van der Waals surface area contributed by atoms with Crippen molar-refractivity contribution in [1.29, 1.82) is 0 Å². The molecule has 1 saturated heterocycles. The maximum absolute atomic E-state index is 9.25. The van der Waals surface area contributed by atoms with Crippen LogP contribution in [0.3, 0.4) is 0 Å². The van der Waals surface area contributed by atoms with Gasteiger partial charge in [-0.2, -0.15) is 0 Å².